The van der Waals surface area contributed by atoms with E-state index in [-0.39, 0.29) is 26.7 Å². The first-order chi connectivity index (χ1) is 15.1. The number of imide groups is 1. The number of nitrogens with zero attached hydrogens (tertiary/aromatic N) is 2. The predicted molar refractivity (Wildman–Crippen MR) is 123 cm³/mol. The van der Waals surface area contributed by atoms with E-state index < -0.39 is 21.8 Å². The maximum Gasteiger partial charge on any atom is 0.327 e. The lowest BCUT2D eigenvalue weighted by atomic mass is 10.1. The minimum absolute atomic E-state index is 0.0441. The number of likely N-dealkylation sites (N-methyl/N-ethyl adjacent to an activating group) is 1. The zero-order chi connectivity index (χ0) is 23.0. The Labute approximate surface area is 193 Å². The number of fused-ring (bicyclic) bond motifs is 1. The molecule has 168 valence electrons. The van der Waals surface area contributed by atoms with Crippen LogP contribution in [0.3, 0.4) is 0 Å². The second-order valence-corrected chi connectivity index (χ2v) is 10.9. The van der Waals surface area contributed by atoms with Crippen LogP contribution in [0.4, 0.5) is 9.93 Å². The minimum Gasteiger partial charge on any atom is -0.488 e. The SMILES string of the molecule is CN1CC(Oc2ccc(Cl)c(C(=O)NC(=O)Nc3nc4ccc(S(C)(=O)=O)cc4s3)c2)C1. The molecule has 0 aliphatic carbocycles. The van der Waals surface area contributed by atoms with Crippen molar-refractivity contribution in [1.29, 1.82) is 0 Å². The van der Waals surface area contributed by atoms with E-state index in [9.17, 15) is 18.0 Å². The molecule has 0 bridgehead atoms. The monoisotopic (exact) mass is 494 g/mol. The van der Waals surface area contributed by atoms with Crippen molar-refractivity contribution in [3.8, 4) is 5.75 Å². The number of halogens is 1. The Balaban J connectivity index is 1.43. The van der Waals surface area contributed by atoms with Gasteiger partial charge in [-0.25, -0.2) is 18.2 Å². The summed E-state index contributed by atoms with van der Waals surface area (Å²) in [6.45, 7) is 1.58. The van der Waals surface area contributed by atoms with Crippen LogP contribution in [-0.2, 0) is 9.84 Å². The molecule has 2 N–H and O–H groups in total. The molecule has 1 fully saturated rings. The predicted octanol–water partition coefficient (Wildman–Crippen LogP) is 3.01. The van der Waals surface area contributed by atoms with Crippen molar-refractivity contribution in [2.45, 2.75) is 11.0 Å². The Bertz CT molecular complexity index is 1320. The number of anilines is 1. The third kappa shape index (κ3) is 5.01. The van der Waals surface area contributed by atoms with Crippen LogP contribution in [0.1, 0.15) is 10.4 Å². The second kappa shape index (κ2) is 8.66. The summed E-state index contributed by atoms with van der Waals surface area (Å²) in [7, 11) is -1.38. The molecule has 0 spiro atoms. The van der Waals surface area contributed by atoms with Crippen LogP contribution in [0.2, 0.25) is 5.02 Å². The number of thiazole rings is 1. The van der Waals surface area contributed by atoms with Crippen molar-refractivity contribution in [1.82, 2.24) is 15.2 Å². The zero-order valence-electron chi connectivity index (χ0n) is 17.1. The Morgan fingerprint density at radius 3 is 2.66 bits per heavy atom. The molecule has 4 rings (SSSR count). The molecule has 0 radical (unpaired) electrons. The van der Waals surface area contributed by atoms with Gasteiger partial charge < -0.3 is 4.74 Å². The summed E-state index contributed by atoms with van der Waals surface area (Å²) >= 11 is 7.22. The number of nitrogens with one attached hydrogen (secondary N) is 2. The molecule has 1 aromatic heterocycles. The largest absolute Gasteiger partial charge is 0.488 e. The van der Waals surface area contributed by atoms with Crippen molar-refractivity contribution >= 4 is 60.1 Å². The van der Waals surface area contributed by atoms with Gasteiger partial charge in [-0.15, -0.1) is 0 Å². The summed E-state index contributed by atoms with van der Waals surface area (Å²) in [6, 6.07) is 8.41. The van der Waals surface area contributed by atoms with Gasteiger partial charge in [0.25, 0.3) is 5.91 Å². The van der Waals surface area contributed by atoms with E-state index in [1.165, 1.54) is 18.2 Å². The number of ether oxygens (including phenoxy) is 1. The van der Waals surface area contributed by atoms with E-state index in [0.717, 1.165) is 30.7 Å². The molecule has 32 heavy (non-hydrogen) atoms. The van der Waals surface area contributed by atoms with Gasteiger partial charge in [-0.3, -0.25) is 20.3 Å². The number of aromatic nitrogens is 1. The first-order valence-corrected chi connectivity index (χ1v) is 12.5. The molecule has 2 heterocycles. The third-order valence-corrected chi connectivity index (χ3v) is 7.12. The summed E-state index contributed by atoms with van der Waals surface area (Å²) in [5.74, 6) is -0.199. The zero-order valence-corrected chi connectivity index (χ0v) is 19.5. The standard InChI is InChI=1S/C20H19ClN4O5S2/c1-25-9-12(10-25)30-11-3-5-15(21)14(7-11)18(26)23-19(27)24-20-22-16-6-4-13(32(2,28)29)8-17(16)31-20/h3-8,12H,9-10H2,1-2H3,(H2,22,23,24,26,27). The van der Waals surface area contributed by atoms with E-state index in [4.69, 9.17) is 16.3 Å². The fourth-order valence-electron chi connectivity index (χ4n) is 3.15. The maximum absolute atomic E-state index is 12.6. The van der Waals surface area contributed by atoms with E-state index in [0.29, 0.717) is 16.0 Å². The Hall–Kier alpha value is -2.73. The van der Waals surface area contributed by atoms with Crippen LogP contribution in [0, 0.1) is 0 Å². The average molecular weight is 495 g/mol. The maximum atomic E-state index is 12.6. The minimum atomic E-state index is -3.36. The lowest BCUT2D eigenvalue weighted by Gasteiger charge is -2.36. The molecule has 3 amide bonds. The molecule has 0 saturated carbocycles. The first kappa shape index (κ1) is 22.5. The van der Waals surface area contributed by atoms with Gasteiger partial charge in [0.15, 0.2) is 15.0 Å². The van der Waals surface area contributed by atoms with Crippen LogP contribution < -0.4 is 15.4 Å². The fraction of sp³-hybridized carbons (Fsp3) is 0.250. The average Bonchev–Trinajstić information content (AvgIpc) is 3.08. The summed E-state index contributed by atoms with van der Waals surface area (Å²) in [6.07, 6.45) is 1.16. The Kier molecular flexibility index (Phi) is 6.08. The van der Waals surface area contributed by atoms with Gasteiger partial charge in [-0.05, 0) is 43.4 Å². The number of carbonyl (C=O) groups excluding carboxylic acids is 2. The molecule has 9 nitrogen and oxygen atoms in total. The van der Waals surface area contributed by atoms with Crippen LogP contribution in [0.5, 0.6) is 5.75 Å². The summed E-state index contributed by atoms with van der Waals surface area (Å²) in [5, 5.41) is 5.10. The highest BCUT2D eigenvalue weighted by atomic mass is 35.5. The third-order valence-electron chi connectivity index (χ3n) is 4.75. The number of rotatable bonds is 5. The Morgan fingerprint density at radius 2 is 1.97 bits per heavy atom. The van der Waals surface area contributed by atoms with Gasteiger partial charge in [0.2, 0.25) is 0 Å². The highest BCUT2D eigenvalue weighted by Crippen LogP contribution is 2.28. The molecule has 1 saturated heterocycles. The van der Waals surface area contributed by atoms with Gasteiger partial charge in [0, 0.05) is 19.3 Å². The van der Waals surface area contributed by atoms with Crippen LogP contribution >= 0.6 is 22.9 Å². The molecule has 1 aliphatic rings. The highest BCUT2D eigenvalue weighted by Gasteiger charge is 2.25. The molecule has 2 aromatic carbocycles. The number of urea groups is 1. The van der Waals surface area contributed by atoms with Crippen molar-refractivity contribution in [2.24, 2.45) is 0 Å². The quantitative estimate of drug-likeness (QED) is 0.559. The van der Waals surface area contributed by atoms with Crippen molar-refractivity contribution in [2.75, 3.05) is 31.7 Å². The van der Waals surface area contributed by atoms with E-state index in [2.05, 4.69) is 20.5 Å². The van der Waals surface area contributed by atoms with E-state index in [1.807, 2.05) is 7.05 Å². The molecule has 0 unspecified atom stereocenters. The summed E-state index contributed by atoms with van der Waals surface area (Å²) in [4.78, 5) is 31.4. The highest BCUT2D eigenvalue weighted by molar-refractivity contribution is 7.90. The first-order valence-electron chi connectivity index (χ1n) is 9.46. The molecule has 1 aliphatic heterocycles. The van der Waals surface area contributed by atoms with Gasteiger partial charge >= 0.3 is 6.03 Å². The van der Waals surface area contributed by atoms with Crippen LogP contribution in [-0.4, -0.2) is 62.7 Å². The molecular weight excluding hydrogens is 476 g/mol. The van der Waals surface area contributed by atoms with Gasteiger partial charge in [0.05, 0.1) is 25.7 Å². The van der Waals surface area contributed by atoms with Gasteiger partial charge in [0.1, 0.15) is 11.9 Å². The number of amides is 3. The molecule has 3 aromatic rings. The van der Waals surface area contributed by atoms with Crippen molar-refractivity contribution < 1.29 is 22.7 Å². The van der Waals surface area contributed by atoms with Crippen molar-refractivity contribution in [3.63, 3.8) is 0 Å². The van der Waals surface area contributed by atoms with E-state index in [1.54, 1.807) is 18.2 Å². The Morgan fingerprint density at radius 1 is 1.22 bits per heavy atom. The van der Waals surface area contributed by atoms with Gasteiger partial charge in [-0.2, -0.15) is 0 Å². The number of likely N-dealkylation sites (tertiary alicyclic amines) is 1. The smallest absolute Gasteiger partial charge is 0.327 e. The summed E-state index contributed by atoms with van der Waals surface area (Å²) < 4.78 is 29.8. The fourth-order valence-corrected chi connectivity index (χ4v) is 4.97. The number of hydrogen-bond donors (Lipinski definition) is 2. The number of hydrogen-bond acceptors (Lipinski definition) is 8. The molecule has 0 atom stereocenters. The summed E-state index contributed by atoms with van der Waals surface area (Å²) in [5.41, 5.74) is 0.632. The molecular formula is C20H19ClN4O5S2. The number of sulfone groups is 1. The molecule has 12 heteroatoms. The van der Waals surface area contributed by atoms with Crippen molar-refractivity contribution in [3.05, 3.63) is 47.0 Å². The normalized spacial score (nSPS) is 14.7. The number of benzene rings is 2. The van der Waals surface area contributed by atoms with Crippen LogP contribution in [0.15, 0.2) is 41.3 Å². The topological polar surface area (TPSA) is 118 Å². The van der Waals surface area contributed by atoms with Gasteiger partial charge in [-0.1, -0.05) is 22.9 Å². The lowest BCUT2D eigenvalue weighted by Crippen LogP contribution is -2.51. The second-order valence-electron chi connectivity index (χ2n) is 7.43. The number of carbonyl (C=O) groups is 2. The van der Waals surface area contributed by atoms with E-state index >= 15 is 0 Å². The van der Waals surface area contributed by atoms with Crippen LogP contribution in [0.25, 0.3) is 10.2 Å². The lowest BCUT2D eigenvalue weighted by molar-refractivity contribution is 0.0387.